The molecule has 3 aromatic heterocycles. The first-order valence-corrected chi connectivity index (χ1v) is 8.80. The van der Waals surface area contributed by atoms with Gasteiger partial charge in [-0.05, 0) is 30.7 Å². The molecular weight excluding hydrogens is 337 g/mol. The molecule has 0 radical (unpaired) electrons. The highest BCUT2D eigenvalue weighted by Crippen LogP contribution is 2.34. The minimum absolute atomic E-state index is 0.322. The molecule has 0 unspecified atom stereocenters. The Balaban J connectivity index is 1.92. The molecule has 0 N–H and O–H groups in total. The zero-order valence-corrected chi connectivity index (χ0v) is 14.7. The topological polar surface area (TPSA) is 30.7 Å². The average Bonchev–Trinajstić information content (AvgIpc) is 3.12. The molecule has 27 heavy (non-hydrogen) atoms. The largest absolute Gasteiger partial charge is 0.313 e. The molecule has 0 amide bonds. The fraction of sp³-hybridized carbons (Fsp3) is 0.0435. The van der Waals surface area contributed by atoms with E-state index in [0.29, 0.717) is 11.4 Å². The van der Waals surface area contributed by atoms with E-state index in [1.807, 2.05) is 78.4 Å². The van der Waals surface area contributed by atoms with Gasteiger partial charge < -0.3 is 4.57 Å². The standard InChI is InChI=1S/C23H16FN3/c1-15-6-2-3-7-17(15)22-21(24)23(18-8-4-5-9-19(18)26-22)27-13-11-16-14-25-12-10-20(16)27/h2-14H,1H3. The maximum atomic E-state index is 15.9. The van der Waals surface area contributed by atoms with Crippen LogP contribution in [-0.4, -0.2) is 14.5 Å². The van der Waals surface area contributed by atoms with E-state index in [1.54, 1.807) is 12.4 Å². The molecule has 0 fully saturated rings. The lowest BCUT2D eigenvalue weighted by Gasteiger charge is -2.15. The first-order valence-electron chi connectivity index (χ1n) is 8.80. The van der Waals surface area contributed by atoms with Crippen LogP contribution in [0.1, 0.15) is 5.56 Å². The van der Waals surface area contributed by atoms with E-state index in [4.69, 9.17) is 0 Å². The second-order valence-corrected chi connectivity index (χ2v) is 6.58. The Labute approximate surface area is 155 Å². The third-order valence-corrected chi connectivity index (χ3v) is 4.94. The molecule has 3 nitrogen and oxygen atoms in total. The van der Waals surface area contributed by atoms with Crippen LogP contribution >= 0.6 is 0 Å². The summed E-state index contributed by atoms with van der Waals surface area (Å²) in [5, 5.41) is 1.75. The Morgan fingerprint density at radius 2 is 1.74 bits per heavy atom. The predicted octanol–water partition coefficient (Wildman–Crippen LogP) is 5.69. The van der Waals surface area contributed by atoms with Crippen molar-refractivity contribution in [3.8, 4) is 16.9 Å². The van der Waals surface area contributed by atoms with Gasteiger partial charge in [-0.1, -0.05) is 42.5 Å². The number of nitrogens with zero attached hydrogens (tertiary/aromatic N) is 3. The molecular formula is C23H16FN3. The molecule has 0 saturated heterocycles. The summed E-state index contributed by atoms with van der Waals surface area (Å²) >= 11 is 0. The number of pyridine rings is 2. The van der Waals surface area contributed by atoms with Gasteiger partial charge in [0, 0.05) is 34.9 Å². The van der Waals surface area contributed by atoms with Crippen LogP contribution in [0.3, 0.4) is 0 Å². The van der Waals surface area contributed by atoms with E-state index in [2.05, 4.69) is 9.97 Å². The lowest BCUT2D eigenvalue weighted by molar-refractivity contribution is 0.620. The van der Waals surface area contributed by atoms with Crippen LogP contribution in [0.2, 0.25) is 0 Å². The Kier molecular flexibility index (Phi) is 3.50. The van der Waals surface area contributed by atoms with Gasteiger partial charge >= 0.3 is 0 Å². The highest BCUT2D eigenvalue weighted by atomic mass is 19.1. The molecule has 0 atom stereocenters. The fourth-order valence-electron chi connectivity index (χ4n) is 3.60. The SMILES string of the molecule is Cc1ccccc1-c1nc2ccccc2c(-n2ccc3cnccc32)c1F. The van der Waals surface area contributed by atoms with Gasteiger partial charge in [-0.25, -0.2) is 9.37 Å². The summed E-state index contributed by atoms with van der Waals surface area (Å²) in [6, 6.07) is 19.3. The fourth-order valence-corrected chi connectivity index (χ4v) is 3.60. The van der Waals surface area contributed by atoms with Crippen molar-refractivity contribution in [2.24, 2.45) is 0 Å². The summed E-state index contributed by atoms with van der Waals surface area (Å²) in [6.07, 6.45) is 5.40. The number of halogens is 1. The molecule has 5 aromatic rings. The first-order chi connectivity index (χ1) is 13.2. The second kappa shape index (κ2) is 6.02. The molecule has 3 heterocycles. The van der Waals surface area contributed by atoms with Crippen molar-refractivity contribution in [1.29, 1.82) is 0 Å². The molecule has 0 bridgehead atoms. The van der Waals surface area contributed by atoms with Crippen molar-refractivity contribution >= 4 is 21.8 Å². The van der Waals surface area contributed by atoms with Crippen molar-refractivity contribution in [1.82, 2.24) is 14.5 Å². The Bertz CT molecular complexity index is 1300. The summed E-state index contributed by atoms with van der Waals surface area (Å²) in [4.78, 5) is 8.82. The lowest BCUT2D eigenvalue weighted by atomic mass is 10.0. The van der Waals surface area contributed by atoms with Gasteiger partial charge in [0.05, 0.1) is 16.7 Å². The molecule has 5 rings (SSSR count). The summed E-state index contributed by atoms with van der Waals surface area (Å²) < 4.78 is 17.7. The Hall–Kier alpha value is -3.53. The number of benzene rings is 2. The van der Waals surface area contributed by atoms with E-state index in [-0.39, 0.29) is 5.82 Å². The summed E-state index contributed by atoms with van der Waals surface area (Å²) in [6.45, 7) is 1.97. The number of fused-ring (bicyclic) bond motifs is 2. The molecule has 0 aliphatic heterocycles. The van der Waals surface area contributed by atoms with Crippen molar-refractivity contribution in [3.63, 3.8) is 0 Å². The van der Waals surface area contributed by atoms with Crippen LogP contribution in [0.15, 0.2) is 79.3 Å². The molecule has 0 spiro atoms. The smallest absolute Gasteiger partial charge is 0.174 e. The minimum Gasteiger partial charge on any atom is -0.313 e. The minimum atomic E-state index is -0.322. The third-order valence-electron chi connectivity index (χ3n) is 4.94. The third kappa shape index (κ3) is 2.41. The van der Waals surface area contributed by atoms with Gasteiger partial charge in [0.2, 0.25) is 0 Å². The number of hydrogen-bond acceptors (Lipinski definition) is 2. The van der Waals surface area contributed by atoms with Gasteiger partial charge in [0.25, 0.3) is 0 Å². The maximum absolute atomic E-state index is 15.9. The molecule has 130 valence electrons. The Morgan fingerprint density at radius 1 is 0.926 bits per heavy atom. The van der Waals surface area contributed by atoms with Crippen LogP contribution < -0.4 is 0 Å². The van der Waals surface area contributed by atoms with E-state index in [0.717, 1.165) is 32.9 Å². The molecule has 0 aliphatic rings. The van der Waals surface area contributed by atoms with Gasteiger partial charge in [-0.15, -0.1) is 0 Å². The van der Waals surface area contributed by atoms with Crippen molar-refractivity contribution in [2.45, 2.75) is 6.92 Å². The highest BCUT2D eigenvalue weighted by Gasteiger charge is 2.19. The van der Waals surface area contributed by atoms with E-state index in [1.165, 1.54) is 0 Å². The first kappa shape index (κ1) is 15.7. The molecule has 0 aliphatic carbocycles. The normalized spacial score (nSPS) is 11.3. The van der Waals surface area contributed by atoms with Gasteiger partial charge in [-0.3, -0.25) is 4.98 Å². The summed E-state index contributed by atoms with van der Waals surface area (Å²) in [5.41, 5.74) is 4.36. The van der Waals surface area contributed by atoms with Crippen molar-refractivity contribution < 1.29 is 4.39 Å². The second-order valence-electron chi connectivity index (χ2n) is 6.58. The quantitative estimate of drug-likeness (QED) is 0.408. The number of aromatic nitrogens is 3. The van der Waals surface area contributed by atoms with Gasteiger partial charge in [-0.2, -0.15) is 0 Å². The Morgan fingerprint density at radius 3 is 2.63 bits per heavy atom. The number of para-hydroxylation sites is 1. The van der Waals surface area contributed by atoms with E-state index < -0.39 is 0 Å². The molecule has 2 aromatic carbocycles. The highest BCUT2D eigenvalue weighted by molar-refractivity contribution is 5.93. The van der Waals surface area contributed by atoms with Crippen LogP contribution in [0.5, 0.6) is 0 Å². The zero-order valence-electron chi connectivity index (χ0n) is 14.7. The number of rotatable bonds is 2. The van der Waals surface area contributed by atoms with Gasteiger partial charge in [0.15, 0.2) is 5.82 Å². The number of aryl methyl sites for hydroxylation is 1. The summed E-state index contributed by atoms with van der Waals surface area (Å²) in [7, 11) is 0. The van der Waals surface area contributed by atoms with Crippen LogP contribution in [0.4, 0.5) is 4.39 Å². The zero-order chi connectivity index (χ0) is 18.4. The van der Waals surface area contributed by atoms with Crippen molar-refractivity contribution in [3.05, 3.63) is 90.6 Å². The van der Waals surface area contributed by atoms with E-state index in [9.17, 15) is 0 Å². The molecule has 4 heteroatoms. The van der Waals surface area contributed by atoms with Crippen molar-refractivity contribution in [2.75, 3.05) is 0 Å². The average molecular weight is 353 g/mol. The van der Waals surface area contributed by atoms with E-state index >= 15 is 4.39 Å². The maximum Gasteiger partial charge on any atom is 0.174 e. The van der Waals surface area contributed by atoms with Crippen LogP contribution in [0.25, 0.3) is 38.8 Å². The van der Waals surface area contributed by atoms with Crippen LogP contribution in [-0.2, 0) is 0 Å². The predicted molar refractivity (Wildman–Crippen MR) is 107 cm³/mol. The monoisotopic (exact) mass is 353 g/mol. The number of hydrogen-bond donors (Lipinski definition) is 0. The van der Waals surface area contributed by atoms with Crippen LogP contribution in [0, 0.1) is 12.7 Å². The lowest BCUT2D eigenvalue weighted by Crippen LogP contribution is -2.03. The summed E-state index contributed by atoms with van der Waals surface area (Å²) in [5.74, 6) is -0.322. The molecule has 0 saturated carbocycles. The van der Waals surface area contributed by atoms with Gasteiger partial charge in [0.1, 0.15) is 5.69 Å².